The Balaban J connectivity index is 2.17. The maximum atomic E-state index is 12.0. The van der Waals surface area contributed by atoms with Gasteiger partial charge in [-0.05, 0) is 26.2 Å². The third kappa shape index (κ3) is 2.25. The number of carbonyl (C=O) groups is 1. The number of nitrogens with zero attached hydrogens (tertiary/aromatic N) is 2. The van der Waals surface area contributed by atoms with Crippen molar-refractivity contribution in [3.8, 4) is 0 Å². The van der Waals surface area contributed by atoms with Crippen LogP contribution in [0.25, 0.3) is 0 Å². The van der Waals surface area contributed by atoms with Crippen molar-refractivity contribution in [3.63, 3.8) is 0 Å². The molecule has 1 aliphatic rings. The van der Waals surface area contributed by atoms with Gasteiger partial charge in [-0.1, -0.05) is 0 Å². The third-order valence-electron chi connectivity index (χ3n) is 2.91. The van der Waals surface area contributed by atoms with E-state index < -0.39 is 6.04 Å². The number of likely N-dealkylation sites (tertiary alicyclic amines) is 1. The summed E-state index contributed by atoms with van der Waals surface area (Å²) in [5, 5.41) is 2.99. The maximum absolute atomic E-state index is 12.0. The Morgan fingerprint density at radius 1 is 1.69 bits per heavy atom. The van der Waals surface area contributed by atoms with Gasteiger partial charge in [-0.25, -0.2) is 4.98 Å². The SMILES string of the molecule is C[C@@H](N)C(=O)N1CCCCC1c1nccs1. The molecule has 1 aromatic rings. The first-order valence-corrected chi connectivity index (χ1v) is 6.53. The van der Waals surface area contributed by atoms with Crippen molar-refractivity contribution >= 4 is 17.2 Å². The van der Waals surface area contributed by atoms with Gasteiger partial charge in [0.25, 0.3) is 0 Å². The fourth-order valence-corrected chi connectivity index (χ4v) is 2.90. The number of hydrogen-bond donors (Lipinski definition) is 1. The summed E-state index contributed by atoms with van der Waals surface area (Å²) >= 11 is 1.62. The normalized spacial score (nSPS) is 23.1. The molecule has 0 bridgehead atoms. The van der Waals surface area contributed by atoms with Crippen LogP contribution in [-0.2, 0) is 4.79 Å². The zero-order valence-electron chi connectivity index (χ0n) is 9.43. The van der Waals surface area contributed by atoms with E-state index in [1.807, 2.05) is 10.3 Å². The lowest BCUT2D eigenvalue weighted by Crippen LogP contribution is -2.46. The number of nitrogens with two attached hydrogens (primary N) is 1. The molecule has 0 aromatic carbocycles. The number of piperidine rings is 1. The summed E-state index contributed by atoms with van der Waals surface area (Å²) < 4.78 is 0. The molecule has 0 aliphatic carbocycles. The zero-order chi connectivity index (χ0) is 11.5. The average Bonchev–Trinajstić information content (AvgIpc) is 2.81. The van der Waals surface area contributed by atoms with E-state index in [1.54, 1.807) is 24.5 Å². The first-order chi connectivity index (χ1) is 7.70. The van der Waals surface area contributed by atoms with E-state index >= 15 is 0 Å². The molecule has 5 heteroatoms. The van der Waals surface area contributed by atoms with Crippen LogP contribution < -0.4 is 5.73 Å². The van der Waals surface area contributed by atoms with Crippen LogP contribution in [0.5, 0.6) is 0 Å². The van der Waals surface area contributed by atoms with Crippen LogP contribution in [-0.4, -0.2) is 28.4 Å². The molecule has 0 saturated carbocycles. The van der Waals surface area contributed by atoms with Gasteiger partial charge in [0, 0.05) is 18.1 Å². The fraction of sp³-hybridized carbons (Fsp3) is 0.636. The van der Waals surface area contributed by atoms with Gasteiger partial charge in [0.1, 0.15) is 5.01 Å². The van der Waals surface area contributed by atoms with Crippen LogP contribution >= 0.6 is 11.3 Å². The smallest absolute Gasteiger partial charge is 0.239 e. The monoisotopic (exact) mass is 239 g/mol. The quantitative estimate of drug-likeness (QED) is 0.851. The van der Waals surface area contributed by atoms with Gasteiger partial charge in [0.05, 0.1) is 12.1 Å². The molecule has 16 heavy (non-hydrogen) atoms. The summed E-state index contributed by atoms with van der Waals surface area (Å²) in [5.41, 5.74) is 5.67. The van der Waals surface area contributed by atoms with Crippen molar-refractivity contribution in [1.82, 2.24) is 9.88 Å². The third-order valence-corrected chi connectivity index (χ3v) is 3.79. The second-order valence-electron chi connectivity index (χ2n) is 4.20. The van der Waals surface area contributed by atoms with Gasteiger partial charge in [-0.3, -0.25) is 4.79 Å². The molecule has 2 heterocycles. The fourth-order valence-electron chi connectivity index (χ4n) is 2.11. The van der Waals surface area contributed by atoms with Crippen molar-refractivity contribution in [2.75, 3.05) is 6.54 Å². The molecule has 2 N–H and O–H groups in total. The number of thiazole rings is 1. The molecular weight excluding hydrogens is 222 g/mol. The second-order valence-corrected chi connectivity index (χ2v) is 5.13. The van der Waals surface area contributed by atoms with Crippen molar-refractivity contribution in [1.29, 1.82) is 0 Å². The predicted octanol–water partition coefficient (Wildman–Crippen LogP) is 1.54. The van der Waals surface area contributed by atoms with Crippen molar-refractivity contribution in [3.05, 3.63) is 16.6 Å². The van der Waals surface area contributed by atoms with Gasteiger partial charge in [0.15, 0.2) is 0 Å². The molecule has 4 nitrogen and oxygen atoms in total. The topological polar surface area (TPSA) is 59.2 Å². The Morgan fingerprint density at radius 2 is 2.50 bits per heavy atom. The maximum Gasteiger partial charge on any atom is 0.239 e. The van der Waals surface area contributed by atoms with E-state index in [1.165, 1.54) is 0 Å². The Kier molecular flexibility index (Phi) is 3.56. The molecule has 0 spiro atoms. The summed E-state index contributed by atoms with van der Waals surface area (Å²) in [5.74, 6) is 0.0416. The Labute approximate surface area is 99.5 Å². The molecule has 1 aliphatic heterocycles. The summed E-state index contributed by atoms with van der Waals surface area (Å²) in [7, 11) is 0. The van der Waals surface area contributed by atoms with E-state index in [-0.39, 0.29) is 11.9 Å². The summed E-state index contributed by atoms with van der Waals surface area (Å²) in [4.78, 5) is 18.2. The van der Waals surface area contributed by atoms with E-state index in [9.17, 15) is 4.79 Å². The van der Waals surface area contributed by atoms with Gasteiger partial charge in [-0.15, -0.1) is 11.3 Å². The number of hydrogen-bond acceptors (Lipinski definition) is 4. The molecule has 1 saturated heterocycles. The van der Waals surface area contributed by atoms with Crippen LogP contribution in [0.3, 0.4) is 0 Å². The van der Waals surface area contributed by atoms with Gasteiger partial charge in [-0.2, -0.15) is 0 Å². The summed E-state index contributed by atoms with van der Waals surface area (Å²) in [6.07, 6.45) is 5.03. The van der Waals surface area contributed by atoms with E-state index in [0.717, 1.165) is 30.8 Å². The van der Waals surface area contributed by atoms with Crippen molar-refractivity contribution in [2.24, 2.45) is 5.73 Å². The number of rotatable bonds is 2. The molecule has 88 valence electrons. The highest BCUT2D eigenvalue weighted by Gasteiger charge is 2.30. The standard InChI is InChI=1S/C11H17N3OS/c1-8(12)11(15)14-6-3-2-4-9(14)10-13-5-7-16-10/h5,7-9H,2-4,6,12H2,1H3/t8-,9?/m1/s1. The molecule has 1 amide bonds. The van der Waals surface area contributed by atoms with E-state index in [2.05, 4.69) is 4.98 Å². The minimum atomic E-state index is -0.416. The van der Waals surface area contributed by atoms with Crippen LogP contribution in [0.15, 0.2) is 11.6 Å². The van der Waals surface area contributed by atoms with Gasteiger partial charge >= 0.3 is 0 Å². The predicted molar refractivity (Wildman–Crippen MR) is 64.1 cm³/mol. The second kappa shape index (κ2) is 4.93. The molecule has 1 fully saturated rings. The molecule has 0 radical (unpaired) electrons. The summed E-state index contributed by atoms with van der Waals surface area (Å²) in [6.45, 7) is 2.56. The molecule has 1 unspecified atom stereocenters. The lowest BCUT2D eigenvalue weighted by atomic mass is 10.0. The van der Waals surface area contributed by atoms with Crippen LogP contribution in [0.2, 0.25) is 0 Å². The lowest BCUT2D eigenvalue weighted by molar-refractivity contribution is -0.136. The van der Waals surface area contributed by atoms with Gasteiger partial charge in [0.2, 0.25) is 5.91 Å². The highest BCUT2D eigenvalue weighted by atomic mass is 32.1. The summed E-state index contributed by atoms with van der Waals surface area (Å²) in [6, 6.07) is -0.271. The van der Waals surface area contributed by atoms with Crippen LogP contribution in [0.1, 0.15) is 37.2 Å². The van der Waals surface area contributed by atoms with E-state index in [0.29, 0.717) is 0 Å². The van der Waals surface area contributed by atoms with Crippen molar-refractivity contribution < 1.29 is 4.79 Å². The number of aromatic nitrogens is 1. The highest BCUT2D eigenvalue weighted by molar-refractivity contribution is 7.09. The first kappa shape index (κ1) is 11.5. The number of carbonyl (C=O) groups excluding carboxylic acids is 1. The minimum Gasteiger partial charge on any atom is -0.332 e. The Bertz CT molecular complexity index is 350. The lowest BCUT2D eigenvalue weighted by Gasteiger charge is -2.35. The van der Waals surface area contributed by atoms with Crippen LogP contribution in [0, 0.1) is 0 Å². The zero-order valence-corrected chi connectivity index (χ0v) is 10.2. The molecule has 1 aromatic heterocycles. The largest absolute Gasteiger partial charge is 0.332 e. The average molecular weight is 239 g/mol. The van der Waals surface area contributed by atoms with Gasteiger partial charge < -0.3 is 10.6 Å². The minimum absolute atomic E-state index is 0.0416. The van der Waals surface area contributed by atoms with Crippen LogP contribution in [0.4, 0.5) is 0 Å². The highest BCUT2D eigenvalue weighted by Crippen LogP contribution is 2.32. The number of amides is 1. The first-order valence-electron chi connectivity index (χ1n) is 5.65. The Morgan fingerprint density at radius 3 is 3.12 bits per heavy atom. The van der Waals surface area contributed by atoms with E-state index in [4.69, 9.17) is 5.73 Å². The molecular formula is C11H17N3OS. The molecule has 2 rings (SSSR count). The Hall–Kier alpha value is -0.940. The van der Waals surface area contributed by atoms with Crippen molar-refractivity contribution in [2.45, 2.75) is 38.3 Å². The molecule has 2 atom stereocenters.